The molecule has 0 amide bonds. The van der Waals surface area contributed by atoms with Crippen molar-refractivity contribution in [3.8, 4) is 11.4 Å². The minimum atomic E-state index is -0.891. The van der Waals surface area contributed by atoms with E-state index in [0.717, 1.165) is 22.5 Å². The van der Waals surface area contributed by atoms with Crippen molar-refractivity contribution in [2.24, 2.45) is 0 Å². The number of rotatable bonds is 10. The van der Waals surface area contributed by atoms with E-state index in [9.17, 15) is 14.4 Å². The molecule has 0 fully saturated rings. The van der Waals surface area contributed by atoms with Crippen LogP contribution in [0.2, 0.25) is 0 Å². The van der Waals surface area contributed by atoms with Gasteiger partial charge in [-0.05, 0) is 75.6 Å². The standard InChI is InChI=1S/C33H30N4O4/c1-20-10-14-23(15-11-20)35-31-29-28(26(38)19-22(32(29)41)7-3-4-9-27(39)40)30(25-8-5-6-18-34-25)37-33(31)36-24-16-12-21(2)13-17-24/h5-6,8,10-19,35H,3-4,7,9H2,1-2H3,(H,36,37)(H,39,40). The minimum absolute atomic E-state index is 0.00456. The molecule has 2 heterocycles. The number of carbonyl (C=O) groups excluding carboxylic acids is 2. The Kier molecular flexibility index (Phi) is 8.01. The summed E-state index contributed by atoms with van der Waals surface area (Å²) in [5.74, 6) is -1.15. The van der Waals surface area contributed by atoms with Gasteiger partial charge < -0.3 is 15.7 Å². The number of fused-ring (bicyclic) bond motifs is 1. The number of carboxylic acids is 1. The first-order chi connectivity index (χ1) is 19.8. The van der Waals surface area contributed by atoms with Gasteiger partial charge in [-0.2, -0.15) is 0 Å². The molecule has 1 aliphatic rings. The zero-order chi connectivity index (χ0) is 28.9. The molecule has 0 spiro atoms. The fourth-order valence-electron chi connectivity index (χ4n) is 4.74. The van der Waals surface area contributed by atoms with Crippen molar-refractivity contribution in [2.45, 2.75) is 39.5 Å². The van der Waals surface area contributed by atoms with Gasteiger partial charge in [0.15, 0.2) is 17.4 Å². The van der Waals surface area contributed by atoms with E-state index >= 15 is 0 Å². The lowest BCUT2D eigenvalue weighted by molar-refractivity contribution is -0.137. The molecule has 206 valence electrons. The second-order valence-electron chi connectivity index (χ2n) is 10.1. The third kappa shape index (κ3) is 6.22. The summed E-state index contributed by atoms with van der Waals surface area (Å²) >= 11 is 0. The molecule has 0 aliphatic heterocycles. The van der Waals surface area contributed by atoms with E-state index in [1.807, 2.05) is 62.4 Å². The first-order valence-electron chi connectivity index (χ1n) is 13.5. The number of aliphatic carboxylic acids is 1. The summed E-state index contributed by atoms with van der Waals surface area (Å²) in [4.78, 5) is 48.1. The maximum atomic E-state index is 14.1. The third-order valence-electron chi connectivity index (χ3n) is 6.90. The van der Waals surface area contributed by atoms with Crippen LogP contribution < -0.4 is 10.6 Å². The van der Waals surface area contributed by atoms with Gasteiger partial charge in [0.1, 0.15) is 5.69 Å². The van der Waals surface area contributed by atoms with Crippen LogP contribution in [-0.4, -0.2) is 32.6 Å². The van der Waals surface area contributed by atoms with E-state index in [1.54, 1.807) is 24.4 Å². The molecule has 0 atom stereocenters. The number of carbonyl (C=O) groups is 3. The molecule has 41 heavy (non-hydrogen) atoms. The molecule has 1 aliphatic carbocycles. The molecular weight excluding hydrogens is 516 g/mol. The molecule has 5 rings (SSSR count). The van der Waals surface area contributed by atoms with Crippen molar-refractivity contribution in [3.05, 3.63) is 107 Å². The summed E-state index contributed by atoms with van der Waals surface area (Å²) in [5.41, 5.74) is 5.59. The Morgan fingerprint density at radius 1 is 0.829 bits per heavy atom. The Balaban J connectivity index is 1.68. The average Bonchev–Trinajstić information content (AvgIpc) is 2.96. The summed E-state index contributed by atoms with van der Waals surface area (Å²) < 4.78 is 0. The molecule has 3 N–H and O–H groups in total. The molecular formula is C33H30N4O4. The van der Waals surface area contributed by atoms with Crippen LogP contribution in [0.3, 0.4) is 0 Å². The number of carboxylic acid groups (broad SMARTS) is 1. The fraction of sp³-hybridized carbons (Fsp3) is 0.182. The fourth-order valence-corrected chi connectivity index (χ4v) is 4.74. The predicted molar refractivity (Wildman–Crippen MR) is 159 cm³/mol. The highest BCUT2D eigenvalue weighted by molar-refractivity contribution is 6.29. The Morgan fingerprint density at radius 2 is 1.49 bits per heavy atom. The molecule has 2 aromatic heterocycles. The third-order valence-corrected chi connectivity index (χ3v) is 6.90. The lowest BCUT2D eigenvalue weighted by Gasteiger charge is -2.24. The van der Waals surface area contributed by atoms with E-state index < -0.39 is 5.97 Å². The molecule has 0 saturated heterocycles. The Hall–Kier alpha value is -5.11. The molecule has 0 saturated carbocycles. The Morgan fingerprint density at radius 3 is 2.10 bits per heavy atom. The number of aryl methyl sites for hydroxylation is 2. The SMILES string of the molecule is Cc1ccc(Nc2nc(-c3ccccn3)c3c(c2Nc2ccc(C)cc2)C(=O)C(CCCCC(=O)O)=CC3=O)cc1. The average molecular weight is 547 g/mol. The number of ketones is 2. The summed E-state index contributed by atoms with van der Waals surface area (Å²) in [6, 6.07) is 20.9. The highest BCUT2D eigenvalue weighted by Gasteiger charge is 2.34. The number of hydrogen-bond donors (Lipinski definition) is 3. The van der Waals surface area contributed by atoms with Gasteiger partial charge in [0.05, 0.1) is 22.5 Å². The van der Waals surface area contributed by atoms with Gasteiger partial charge in [0.2, 0.25) is 0 Å². The van der Waals surface area contributed by atoms with Crippen LogP contribution in [0.1, 0.15) is 57.5 Å². The van der Waals surface area contributed by atoms with E-state index in [1.165, 1.54) is 6.08 Å². The van der Waals surface area contributed by atoms with Crippen molar-refractivity contribution in [3.63, 3.8) is 0 Å². The molecule has 8 nitrogen and oxygen atoms in total. The van der Waals surface area contributed by atoms with Gasteiger partial charge in [-0.3, -0.25) is 19.4 Å². The number of nitrogens with one attached hydrogen (secondary N) is 2. The Bertz CT molecular complexity index is 1640. The largest absolute Gasteiger partial charge is 0.481 e. The van der Waals surface area contributed by atoms with Crippen LogP contribution in [0, 0.1) is 13.8 Å². The first-order valence-corrected chi connectivity index (χ1v) is 13.5. The van der Waals surface area contributed by atoms with Crippen LogP contribution in [0.25, 0.3) is 11.4 Å². The minimum Gasteiger partial charge on any atom is -0.481 e. The topological polar surface area (TPSA) is 121 Å². The zero-order valence-electron chi connectivity index (χ0n) is 22.9. The number of anilines is 4. The maximum absolute atomic E-state index is 14.1. The second-order valence-corrected chi connectivity index (χ2v) is 10.1. The van der Waals surface area contributed by atoms with Gasteiger partial charge in [0.25, 0.3) is 0 Å². The van der Waals surface area contributed by atoms with Gasteiger partial charge in [-0.1, -0.05) is 41.5 Å². The lowest BCUT2D eigenvalue weighted by Crippen LogP contribution is -2.22. The number of aromatic nitrogens is 2. The molecule has 0 unspecified atom stereocenters. The number of hydrogen-bond acceptors (Lipinski definition) is 7. The number of allylic oxidation sites excluding steroid dienone is 2. The number of benzene rings is 2. The van der Waals surface area contributed by atoms with Crippen LogP contribution >= 0.6 is 0 Å². The second kappa shape index (κ2) is 12.0. The summed E-state index contributed by atoms with van der Waals surface area (Å²) in [6.07, 6.45) is 4.16. The number of nitrogens with zero attached hydrogens (tertiary/aromatic N) is 2. The van der Waals surface area contributed by atoms with Crippen molar-refractivity contribution in [2.75, 3.05) is 10.6 Å². The lowest BCUT2D eigenvalue weighted by atomic mass is 9.84. The maximum Gasteiger partial charge on any atom is 0.303 e. The van der Waals surface area contributed by atoms with Crippen LogP contribution in [0.4, 0.5) is 22.9 Å². The first kappa shape index (κ1) is 27.5. The predicted octanol–water partition coefficient (Wildman–Crippen LogP) is 7.20. The number of Topliss-reactive ketones (excluding diaryl/α,β-unsaturated/α-hetero) is 1. The summed E-state index contributed by atoms with van der Waals surface area (Å²) in [7, 11) is 0. The van der Waals surface area contributed by atoms with Crippen molar-refractivity contribution >= 4 is 40.4 Å². The van der Waals surface area contributed by atoms with Gasteiger partial charge >= 0.3 is 5.97 Å². The van der Waals surface area contributed by atoms with Gasteiger partial charge in [0, 0.05) is 29.6 Å². The molecule has 2 aromatic carbocycles. The molecule has 0 bridgehead atoms. The highest BCUT2D eigenvalue weighted by Crippen LogP contribution is 2.41. The van der Waals surface area contributed by atoms with E-state index in [-0.39, 0.29) is 29.1 Å². The number of unbranched alkanes of at least 4 members (excludes halogenated alkanes) is 1. The van der Waals surface area contributed by atoms with E-state index in [2.05, 4.69) is 15.6 Å². The summed E-state index contributed by atoms with van der Waals surface area (Å²) in [5, 5.41) is 15.7. The summed E-state index contributed by atoms with van der Waals surface area (Å²) in [6.45, 7) is 3.99. The van der Waals surface area contributed by atoms with Crippen molar-refractivity contribution < 1.29 is 19.5 Å². The molecule has 4 aromatic rings. The Labute approximate surface area is 238 Å². The molecule has 8 heteroatoms. The zero-order valence-corrected chi connectivity index (χ0v) is 22.9. The number of pyridine rings is 2. The monoisotopic (exact) mass is 546 g/mol. The quantitative estimate of drug-likeness (QED) is 0.179. The van der Waals surface area contributed by atoms with E-state index in [0.29, 0.717) is 47.7 Å². The van der Waals surface area contributed by atoms with Crippen molar-refractivity contribution in [1.29, 1.82) is 0 Å². The van der Waals surface area contributed by atoms with Gasteiger partial charge in [-0.15, -0.1) is 0 Å². The molecule has 0 radical (unpaired) electrons. The van der Waals surface area contributed by atoms with E-state index in [4.69, 9.17) is 10.1 Å². The highest BCUT2D eigenvalue weighted by atomic mass is 16.4. The van der Waals surface area contributed by atoms with Crippen molar-refractivity contribution in [1.82, 2.24) is 9.97 Å². The normalized spacial score (nSPS) is 12.5. The van der Waals surface area contributed by atoms with Crippen LogP contribution in [-0.2, 0) is 4.79 Å². The van der Waals surface area contributed by atoms with Crippen LogP contribution in [0.15, 0.2) is 84.6 Å². The van der Waals surface area contributed by atoms with Gasteiger partial charge in [-0.25, -0.2) is 4.98 Å². The smallest absolute Gasteiger partial charge is 0.303 e. The van der Waals surface area contributed by atoms with Crippen LogP contribution in [0.5, 0.6) is 0 Å².